The van der Waals surface area contributed by atoms with Crippen molar-refractivity contribution in [1.82, 2.24) is 14.9 Å². The summed E-state index contributed by atoms with van der Waals surface area (Å²) in [6.07, 6.45) is 5.51. The Kier molecular flexibility index (Phi) is 8.01. The van der Waals surface area contributed by atoms with E-state index in [4.69, 9.17) is 13.8 Å². The van der Waals surface area contributed by atoms with Crippen LogP contribution in [0.5, 0.6) is 0 Å². The molecule has 0 spiro atoms. The predicted molar refractivity (Wildman–Crippen MR) is 161 cm³/mol. The van der Waals surface area contributed by atoms with Gasteiger partial charge in [0.1, 0.15) is 20.1 Å². The summed E-state index contributed by atoms with van der Waals surface area (Å²) < 4.78 is 22.7. The van der Waals surface area contributed by atoms with Crippen LogP contribution in [-0.2, 0) is 18.6 Å². The summed E-state index contributed by atoms with van der Waals surface area (Å²) in [6.45, 7) is 11.5. The molecule has 40 heavy (non-hydrogen) atoms. The molecule has 2 aromatic carbocycles. The minimum absolute atomic E-state index is 0.0383. The van der Waals surface area contributed by atoms with Crippen LogP contribution in [0.1, 0.15) is 39.5 Å². The summed E-state index contributed by atoms with van der Waals surface area (Å²) in [5, 5.41) is 5.73. The maximum atomic E-state index is 12.0. The summed E-state index contributed by atoms with van der Waals surface area (Å²) in [5.41, 5.74) is 0.642. The maximum Gasteiger partial charge on any atom is 0.259 e. The number of amides is 1. The zero-order valence-electron chi connectivity index (χ0n) is 23.7. The SMILES string of the molecule is C=C1NC(=O)C(C)=CN1[C@H]1CC(O[P@]2O[C@@H](C[Si](C)(c3ccccc3)c3ccccc3)[C@H]3CCCN32)[C@@H](CC)O1. The first-order valence-corrected chi connectivity index (χ1v) is 18.3. The summed E-state index contributed by atoms with van der Waals surface area (Å²) in [4.78, 5) is 14.0. The molecule has 3 saturated heterocycles. The van der Waals surface area contributed by atoms with Gasteiger partial charge >= 0.3 is 0 Å². The number of hydrogen-bond donors (Lipinski definition) is 1. The number of hydrogen-bond acceptors (Lipinski definition) is 6. The van der Waals surface area contributed by atoms with Crippen molar-refractivity contribution in [1.29, 1.82) is 0 Å². The number of nitrogens with one attached hydrogen (secondary N) is 1. The van der Waals surface area contributed by atoms with E-state index in [1.54, 1.807) is 6.92 Å². The molecule has 3 fully saturated rings. The van der Waals surface area contributed by atoms with Crippen LogP contribution >= 0.6 is 8.53 Å². The second-order valence-electron chi connectivity index (χ2n) is 11.6. The zero-order valence-corrected chi connectivity index (χ0v) is 25.6. The summed E-state index contributed by atoms with van der Waals surface area (Å²) in [6, 6.07) is 23.5. The van der Waals surface area contributed by atoms with Crippen LogP contribution < -0.4 is 15.7 Å². The first kappa shape index (κ1) is 27.8. The van der Waals surface area contributed by atoms with Gasteiger partial charge < -0.3 is 24.0 Å². The molecule has 4 aliphatic heterocycles. The van der Waals surface area contributed by atoms with Gasteiger partial charge in [-0.2, -0.15) is 0 Å². The van der Waals surface area contributed by atoms with Crippen LogP contribution in [0.15, 0.2) is 84.8 Å². The molecule has 1 unspecified atom stereocenters. The van der Waals surface area contributed by atoms with Gasteiger partial charge in [-0.05, 0) is 32.2 Å². The second kappa shape index (κ2) is 11.5. The third-order valence-corrected chi connectivity index (χ3v) is 15.2. The lowest BCUT2D eigenvalue weighted by molar-refractivity contribution is -0.118. The Bertz CT molecular complexity index is 1220. The fourth-order valence-electron chi connectivity index (χ4n) is 6.64. The monoisotopic (exact) mass is 577 g/mol. The van der Waals surface area contributed by atoms with Gasteiger partial charge in [0.25, 0.3) is 14.4 Å². The van der Waals surface area contributed by atoms with Crippen molar-refractivity contribution in [3.63, 3.8) is 0 Å². The summed E-state index contributed by atoms with van der Waals surface area (Å²) in [7, 11) is -3.23. The molecule has 0 bridgehead atoms. The van der Waals surface area contributed by atoms with Crippen LogP contribution in [0.25, 0.3) is 0 Å². The fourth-order valence-corrected chi connectivity index (χ4v) is 12.6. The molecule has 0 saturated carbocycles. The Morgan fingerprint density at radius 1 is 1.10 bits per heavy atom. The minimum Gasteiger partial charge on any atom is -0.352 e. The van der Waals surface area contributed by atoms with E-state index in [1.807, 2.05) is 11.1 Å². The molecule has 4 aliphatic rings. The molecular weight excluding hydrogens is 537 g/mol. The molecule has 4 heterocycles. The third kappa shape index (κ3) is 5.22. The Hall–Kier alpha value is -2.32. The number of benzene rings is 2. The van der Waals surface area contributed by atoms with Crippen LogP contribution in [0, 0.1) is 0 Å². The van der Waals surface area contributed by atoms with E-state index < -0.39 is 16.6 Å². The molecule has 7 nitrogen and oxygen atoms in total. The highest BCUT2D eigenvalue weighted by atomic mass is 31.2. The Balaban J connectivity index is 1.20. The number of ether oxygens (including phenoxy) is 1. The summed E-state index contributed by atoms with van der Waals surface area (Å²) >= 11 is 0. The van der Waals surface area contributed by atoms with Crippen molar-refractivity contribution in [2.75, 3.05) is 6.54 Å². The quantitative estimate of drug-likeness (QED) is 0.363. The highest BCUT2D eigenvalue weighted by Gasteiger charge is 2.52. The van der Waals surface area contributed by atoms with E-state index in [0.29, 0.717) is 23.9 Å². The number of rotatable bonds is 8. The van der Waals surface area contributed by atoms with E-state index >= 15 is 0 Å². The standard InChI is InChI=1S/C31H40N3O4PSi/c1-5-27-28(19-30(36-27)33-20-22(2)31(35)32-23(33)3)37-39-34-18-12-17-26(34)29(38-39)21-40(4,24-13-8-6-9-14-24)25-15-10-7-11-16-25/h6-11,13-16,20,26-30H,3,5,12,17-19,21H2,1-2,4H3,(H,32,35)/t26-,27-,28?,29+,30-,39-/m1/s1. The molecule has 0 aliphatic carbocycles. The fraction of sp³-hybridized carbons (Fsp3) is 0.452. The van der Waals surface area contributed by atoms with E-state index in [0.717, 1.165) is 25.4 Å². The number of carbonyl (C=O) groups is 1. The lowest BCUT2D eigenvalue weighted by atomic mass is 10.1. The Morgan fingerprint density at radius 2 is 1.77 bits per heavy atom. The highest BCUT2D eigenvalue weighted by molar-refractivity contribution is 7.45. The van der Waals surface area contributed by atoms with Crippen LogP contribution in [0.3, 0.4) is 0 Å². The van der Waals surface area contributed by atoms with E-state index in [2.05, 4.69) is 90.7 Å². The Labute approximate surface area is 240 Å². The van der Waals surface area contributed by atoms with Gasteiger partial charge in [0, 0.05) is 30.8 Å². The van der Waals surface area contributed by atoms with Crippen LogP contribution in [0.4, 0.5) is 0 Å². The largest absolute Gasteiger partial charge is 0.352 e. The average Bonchev–Trinajstić information content (AvgIpc) is 3.69. The minimum atomic E-state index is -2.05. The molecule has 0 aromatic heterocycles. The van der Waals surface area contributed by atoms with Gasteiger partial charge in [0.2, 0.25) is 0 Å². The summed E-state index contributed by atoms with van der Waals surface area (Å²) in [5.74, 6) is 0.430. The number of carbonyl (C=O) groups excluding carboxylic acids is 1. The third-order valence-electron chi connectivity index (χ3n) is 8.94. The normalized spacial score (nSPS) is 30.9. The molecule has 6 rings (SSSR count). The van der Waals surface area contributed by atoms with Crippen LogP contribution in [-0.4, -0.2) is 60.7 Å². The molecule has 212 valence electrons. The smallest absolute Gasteiger partial charge is 0.259 e. The highest BCUT2D eigenvalue weighted by Crippen LogP contribution is 2.58. The van der Waals surface area contributed by atoms with Crippen molar-refractivity contribution in [3.8, 4) is 0 Å². The first-order valence-electron chi connectivity index (χ1n) is 14.5. The van der Waals surface area contributed by atoms with Crippen molar-refractivity contribution in [2.45, 2.75) is 82.7 Å². The van der Waals surface area contributed by atoms with Gasteiger partial charge in [0.15, 0.2) is 0 Å². The van der Waals surface area contributed by atoms with E-state index in [1.165, 1.54) is 16.8 Å². The van der Waals surface area contributed by atoms with Crippen molar-refractivity contribution < 1.29 is 18.6 Å². The van der Waals surface area contributed by atoms with E-state index in [-0.39, 0.29) is 30.4 Å². The molecule has 0 radical (unpaired) electrons. The van der Waals surface area contributed by atoms with Gasteiger partial charge in [0.05, 0.1) is 18.3 Å². The lowest BCUT2D eigenvalue weighted by Gasteiger charge is -2.32. The van der Waals surface area contributed by atoms with Crippen molar-refractivity contribution in [3.05, 3.63) is 84.8 Å². The number of nitrogens with zero attached hydrogens (tertiary/aromatic N) is 2. The van der Waals surface area contributed by atoms with Crippen molar-refractivity contribution >= 4 is 32.9 Å². The van der Waals surface area contributed by atoms with Gasteiger partial charge in [-0.15, -0.1) is 0 Å². The van der Waals surface area contributed by atoms with Gasteiger partial charge in [-0.1, -0.05) is 91.1 Å². The lowest BCUT2D eigenvalue weighted by Crippen LogP contribution is -2.58. The number of fused-ring (bicyclic) bond motifs is 1. The predicted octanol–water partition coefficient (Wildman–Crippen LogP) is 4.69. The molecule has 1 amide bonds. The van der Waals surface area contributed by atoms with Crippen LogP contribution in [0.2, 0.25) is 12.6 Å². The Morgan fingerprint density at radius 3 is 2.42 bits per heavy atom. The average molecular weight is 578 g/mol. The second-order valence-corrected chi connectivity index (χ2v) is 17.2. The molecule has 1 N–H and O–H groups in total. The zero-order chi connectivity index (χ0) is 27.9. The topological polar surface area (TPSA) is 63.3 Å². The van der Waals surface area contributed by atoms with Gasteiger partial charge in [-0.3, -0.25) is 4.79 Å². The molecule has 9 heteroatoms. The molecular formula is C31H40N3O4PSi. The van der Waals surface area contributed by atoms with Crippen molar-refractivity contribution in [2.24, 2.45) is 0 Å². The first-order chi connectivity index (χ1) is 19.4. The van der Waals surface area contributed by atoms with E-state index in [9.17, 15) is 4.79 Å². The molecule has 6 atom stereocenters. The van der Waals surface area contributed by atoms with Gasteiger partial charge in [-0.25, -0.2) is 4.67 Å². The maximum absolute atomic E-state index is 12.0. The molecule has 2 aromatic rings.